The van der Waals surface area contributed by atoms with Gasteiger partial charge in [-0.3, -0.25) is 9.59 Å². The third-order valence-corrected chi connectivity index (χ3v) is 2.29. The van der Waals surface area contributed by atoms with Crippen molar-refractivity contribution in [1.29, 1.82) is 5.41 Å². The summed E-state index contributed by atoms with van der Waals surface area (Å²) in [7, 11) is 1.38. The van der Waals surface area contributed by atoms with E-state index in [1.165, 1.54) is 7.11 Å². The third-order valence-electron chi connectivity index (χ3n) is 2.29. The molecule has 2 N–H and O–H groups in total. The Bertz CT molecular complexity index is 287. The molecule has 0 fully saturated rings. The van der Waals surface area contributed by atoms with Gasteiger partial charge in [0, 0.05) is 24.8 Å². The van der Waals surface area contributed by atoms with Gasteiger partial charge in [0.25, 0.3) is 5.91 Å². The lowest BCUT2D eigenvalue weighted by atomic mass is 10.1. The minimum atomic E-state index is -0.297. The van der Waals surface area contributed by atoms with Crippen molar-refractivity contribution >= 4 is 18.1 Å². The second-order valence-corrected chi connectivity index (χ2v) is 3.67. The number of methoxy groups -OCH3 is 1. The van der Waals surface area contributed by atoms with E-state index in [2.05, 4.69) is 16.6 Å². The maximum atomic E-state index is 11.2. The molecule has 0 spiro atoms. The summed E-state index contributed by atoms with van der Waals surface area (Å²) in [5, 5.41) is 9.50. The van der Waals surface area contributed by atoms with Crippen LogP contribution in [0.15, 0.2) is 12.2 Å². The zero-order valence-corrected chi connectivity index (χ0v) is 10.3. The molecule has 5 heteroatoms. The summed E-state index contributed by atoms with van der Waals surface area (Å²) in [6.07, 6.45) is 4.95. The summed E-state index contributed by atoms with van der Waals surface area (Å²) in [4.78, 5) is 22.0. The number of hydrogen-bond acceptors (Lipinski definition) is 4. The van der Waals surface area contributed by atoms with Crippen molar-refractivity contribution in [3.05, 3.63) is 12.2 Å². The predicted molar refractivity (Wildman–Crippen MR) is 66.0 cm³/mol. The standard InChI is InChI=1S/C12H20N2O3/c1-10(9-13)12(16)14-8-6-4-3-5-7-11(15)17-2/h9,13H,1,3-8H2,2H3,(H,14,16). The van der Waals surface area contributed by atoms with Gasteiger partial charge in [-0.1, -0.05) is 19.4 Å². The first-order chi connectivity index (χ1) is 8.11. The minimum absolute atomic E-state index is 0.163. The number of carbonyl (C=O) groups excluding carboxylic acids is 2. The van der Waals surface area contributed by atoms with Gasteiger partial charge < -0.3 is 15.5 Å². The second kappa shape index (κ2) is 9.57. The SMILES string of the molecule is C=C(C=N)C(=O)NCCCCCCC(=O)OC. The number of ether oxygens (including phenoxy) is 1. The molecule has 0 aliphatic heterocycles. The number of esters is 1. The van der Waals surface area contributed by atoms with Crippen LogP contribution in [-0.4, -0.2) is 31.7 Å². The van der Waals surface area contributed by atoms with Crippen molar-refractivity contribution in [3.8, 4) is 0 Å². The Morgan fingerprint density at radius 2 is 1.94 bits per heavy atom. The zero-order valence-electron chi connectivity index (χ0n) is 10.3. The fourth-order valence-corrected chi connectivity index (χ4v) is 1.23. The summed E-state index contributed by atoms with van der Waals surface area (Å²) >= 11 is 0. The van der Waals surface area contributed by atoms with Crippen LogP contribution in [0.1, 0.15) is 32.1 Å². The molecule has 0 bridgehead atoms. The number of hydrogen-bond donors (Lipinski definition) is 2. The highest BCUT2D eigenvalue weighted by Gasteiger charge is 2.02. The van der Waals surface area contributed by atoms with Gasteiger partial charge in [-0.05, 0) is 12.8 Å². The molecule has 0 rings (SSSR count). The topological polar surface area (TPSA) is 79.3 Å². The average molecular weight is 240 g/mol. The molecule has 17 heavy (non-hydrogen) atoms. The summed E-state index contributed by atoms with van der Waals surface area (Å²) < 4.78 is 4.52. The molecule has 5 nitrogen and oxygen atoms in total. The van der Waals surface area contributed by atoms with Crippen LogP contribution in [0.2, 0.25) is 0 Å². The molecular weight excluding hydrogens is 220 g/mol. The van der Waals surface area contributed by atoms with Crippen molar-refractivity contribution in [2.75, 3.05) is 13.7 Å². The molecule has 0 atom stereocenters. The van der Waals surface area contributed by atoms with Crippen molar-refractivity contribution < 1.29 is 14.3 Å². The van der Waals surface area contributed by atoms with Crippen molar-refractivity contribution in [2.24, 2.45) is 0 Å². The summed E-state index contributed by atoms with van der Waals surface area (Å²) in [5.41, 5.74) is 0.163. The second-order valence-electron chi connectivity index (χ2n) is 3.67. The number of rotatable bonds is 9. The van der Waals surface area contributed by atoms with Crippen molar-refractivity contribution in [1.82, 2.24) is 5.32 Å². The number of nitrogens with one attached hydrogen (secondary N) is 2. The Morgan fingerprint density at radius 3 is 2.53 bits per heavy atom. The first kappa shape index (κ1) is 15.3. The van der Waals surface area contributed by atoms with Crippen LogP contribution in [0.4, 0.5) is 0 Å². The molecule has 0 aromatic carbocycles. The molecule has 0 unspecified atom stereocenters. The molecule has 1 amide bonds. The van der Waals surface area contributed by atoms with Gasteiger partial charge in [-0.2, -0.15) is 0 Å². The number of amides is 1. The van der Waals surface area contributed by atoms with Crippen LogP contribution in [0.3, 0.4) is 0 Å². The van der Waals surface area contributed by atoms with Crippen LogP contribution in [0.5, 0.6) is 0 Å². The van der Waals surface area contributed by atoms with E-state index in [1.807, 2.05) is 0 Å². The van der Waals surface area contributed by atoms with Gasteiger partial charge in [0.05, 0.1) is 7.11 Å². The lowest BCUT2D eigenvalue weighted by Crippen LogP contribution is -2.25. The highest BCUT2D eigenvalue weighted by atomic mass is 16.5. The van der Waals surface area contributed by atoms with Crippen LogP contribution >= 0.6 is 0 Å². The first-order valence-corrected chi connectivity index (χ1v) is 5.66. The lowest BCUT2D eigenvalue weighted by molar-refractivity contribution is -0.140. The fraction of sp³-hybridized carbons (Fsp3) is 0.583. The molecule has 0 aromatic heterocycles. The van der Waals surface area contributed by atoms with Crippen LogP contribution < -0.4 is 5.32 Å². The van der Waals surface area contributed by atoms with E-state index in [-0.39, 0.29) is 17.4 Å². The van der Waals surface area contributed by atoms with Gasteiger partial charge in [0.2, 0.25) is 0 Å². The predicted octanol–water partition coefficient (Wildman–Crippen LogP) is 1.43. The molecule has 0 heterocycles. The zero-order chi connectivity index (χ0) is 13.1. The average Bonchev–Trinajstić information content (AvgIpc) is 2.35. The number of unbranched alkanes of at least 4 members (excludes halogenated alkanes) is 3. The van der Waals surface area contributed by atoms with E-state index in [4.69, 9.17) is 5.41 Å². The van der Waals surface area contributed by atoms with E-state index in [0.29, 0.717) is 13.0 Å². The van der Waals surface area contributed by atoms with E-state index in [9.17, 15) is 9.59 Å². The first-order valence-electron chi connectivity index (χ1n) is 5.66. The third kappa shape index (κ3) is 8.19. The molecule has 0 saturated carbocycles. The van der Waals surface area contributed by atoms with E-state index < -0.39 is 0 Å². The fourth-order valence-electron chi connectivity index (χ4n) is 1.23. The van der Waals surface area contributed by atoms with Crippen molar-refractivity contribution in [2.45, 2.75) is 32.1 Å². The molecule has 0 aromatic rings. The monoisotopic (exact) mass is 240 g/mol. The van der Waals surface area contributed by atoms with E-state index in [0.717, 1.165) is 31.9 Å². The van der Waals surface area contributed by atoms with Gasteiger partial charge in [-0.15, -0.1) is 0 Å². The quantitative estimate of drug-likeness (QED) is 0.277. The summed E-state index contributed by atoms with van der Waals surface area (Å²) in [6, 6.07) is 0. The van der Waals surface area contributed by atoms with E-state index in [1.54, 1.807) is 0 Å². The maximum Gasteiger partial charge on any atom is 0.305 e. The Morgan fingerprint density at radius 1 is 1.29 bits per heavy atom. The molecule has 0 aliphatic rings. The lowest BCUT2D eigenvalue weighted by Gasteiger charge is -2.04. The Kier molecular flexibility index (Phi) is 8.64. The Labute approximate surface area is 102 Å². The highest BCUT2D eigenvalue weighted by Crippen LogP contribution is 2.03. The van der Waals surface area contributed by atoms with Gasteiger partial charge in [0.1, 0.15) is 0 Å². The Hall–Kier alpha value is -1.65. The summed E-state index contributed by atoms with van der Waals surface area (Å²) in [5.74, 6) is -0.477. The number of carbonyl (C=O) groups is 2. The van der Waals surface area contributed by atoms with Gasteiger partial charge in [0.15, 0.2) is 0 Å². The largest absolute Gasteiger partial charge is 0.469 e. The highest BCUT2D eigenvalue weighted by molar-refractivity contribution is 6.10. The summed E-state index contributed by atoms with van der Waals surface area (Å²) in [6.45, 7) is 4.00. The molecular formula is C12H20N2O3. The molecule has 96 valence electrons. The maximum absolute atomic E-state index is 11.2. The van der Waals surface area contributed by atoms with Crippen LogP contribution in [-0.2, 0) is 14.3 Å². The van der Waals surface area contributed by atoms with E-state index >= 15 is 0 Å². The molecule has 0 saturated heterocycles. The van der Waals surface area contributed by atoms with Gasteiger partial charge >= 0.3 is 5.97 Å². The Balaban J connectivity index is 3.35. The molecule has 0 aliphatic carbocycles. The van der Waals surface area contributed by atoms with Crippen LogP contribution in [0, 0.1) is 5.41 Å². The van der Waals surface area contributed by atoms with Crippen molar-refractivity contribution in [3.63, 3.8) is 0 Å². The van der Waals surface area contributed by atoms with Gasteiger partial charge in [-0.25, -0.2) is 0 Å². The van der Waals surface area contributed by atoms with Crippen LogP contribution in [0.25, 0.3) is 0 Å². The normalized spacial score (nSPS) is 9.47. The minimum Gasteiger partial charge on any atom is -0.469 e. The smallest absolute Gasteiger partial charge is 0.305 e. The molecule has 0 radical (unpaired) electrons.